The first-order chi connectivity index (χ1) is 6.54. The van der Waals surface area contributed by atoms with Crippen LogP contribution in [-0.4, -0.2) is 29.9 Å². The molecule has 1 heterocycles. The summed E-state index contributed by atoms with van der Waals surface area (Å²) in [6.45, 7) is 7.95. The van der Waals surface area contributed by atoms with Crippen LogP contribution in [0.25, 0.3) is 0 Å². The summed E-state index contributed by atoms with van der Waals surface area (Å²) in [5.74, 6) is 1.23. The molecule has 0 saturated carbocycles. The molecule has 3 nitrogen and oxygen atoms in total. The third kappa shape index (κ3) is 2.71. The zero-order chi connectivity index (χ0) is 10.7. The van der Waals surface area contributed by atoms with Crippen molar-refractivity contribution < 1.29 is 4.79 Å². The van der Waals surface area contributed by atoms with Crippen molar-refractivity contribution in [1.82, 2.24) is 4.90 Å². The van der Waals surface area contributed by atoms with Crippen molar-refractivity contribution in [3.63, 3.8) is 0 Å². The van der Waals surface area contributed by atoms with Crippen molar-refractivity contribution in [3.05, 3.63) is 0 Å². The van der Waals surface area contributed by atoms with E-state index in [4.69, 9.17) is 5.73 Å². The van der Waals surface area contributed by atoms with Crippen LogP contribution in [0, 0.1) is 11.8 Å². The minimum absolute atomic E-state index is 0.177. The fourth-order valence-electron chi connectivity index (χ4n) is 1.77. The van der Waals surface area contributed by atoms with Gasteiger partial charge in [-0.15, -0.1) is 0 Å². The predicted molar refractivity (Wildman–Crippen MR) is 57.8 cm³/mol. The van der Waals surface area contributed by atoms with Gasteiger partial charge in [-0.05, 0) is 11.8 Å². The first-order valence-corrected chi connectivity index (χ1v) is 5.58. The quantitative estimate of drug-likeness (QED) is 0.741. The second kappa shape index (κ2) is 4.78. The summed E-state index contributed by atoms with van der Waals surface area (Å²) in [5.41, 5.74) is 5.88. The molecule has 1 rings (SSSR count). The van der Waals surface area contributed by atoms with Crippen molar-refractivity contribution in [3.8, 4) is 0 Å². The summed E-state index contributed by atoms with van der Waals surface area (Å²) >= 11 is 0. The van der Waals surface area contributed by atoms with Gasteiger partial charge < -0.3 is 10.6 Å². The number of nitrogens with two attached hydrogens (primary N) is 1. The molecule has 1 amide bonds. The maximum Gasteiger partial charge on any atom is 0.222 e. The SMILES string of the molecule is CCC(C)CC(=O)N1CC(C)C(N)C1. The van der Waals surface area contributed by atoms with Gasteiger partial charge in [0.05, 0.1) is 0 Å². The maximum absolute atomic E-state index is 11.8. The van der Waals surface area contributed by atoms with Crippen LogP contribution < -0.4 is 5.73 Å². The third-order valence-electron chi connectivity index (χ3n) is 3.24. The highest BCUT2D eigenvalue weighted by Crippen LogP contribution is 2.17. The highest BCUT2D eigenvalue weighted by atomic mass is 16.2. The Kier molecular flexibility index (Phi) is 3.93. The van der Waals surface area contributed by atoms with E-state index in [0.717, 1.165) is 19.5 Å². The van der Waals surface area contributed by atoms with E-state index >= 15 is 0 Å². The van der Waals surface area contributed by atoms with Gasteiger partial charge in [-0.3, -0.25) is 4.79 Å². The zero-order valence-corrected chi connectivity index (χ0v) is 9.49. The molecular weight excluding hydrogens is 176 g/mol. The van der Waals surface area contributed by atoms with Crippen molar-refractivity contribution in [1.29, 1.82) is 0 Å². The van der Waals surface area contributed by atoms with E-state index < -0.39 is 0 Å². The Balaban J connectivity index is 2.39. The molecule has 0 radical (unpaired) electrons. The lowest BCUT2D eigenvalue weighted by molar-refractivity contribution is -0.131. The van der Waals surface area contributed by atoms with Crippen LogP contribution >= 0.6 is 0 Å². The van der Waals surface area contributed by atoms with Crippen LogP contribution in [0.4, 0.5) is 0 Å². The Morgan fingerprint density at radius 1 is 1.57 bits per heavy atom. The van der Waals surface area contributed by atoms with Gasteiger partial charge in [-0.25, -0.2) is 0 Å². The molecule has 14 heavy (non-hydrogen) atoms. The summed E-state index contributed by atoms with van der Waals surface area (Å²) in [5, 5.41) is 0. The van der Waals surface area contributed by atoms with Crippen LogP contribution in [0.2, 0.25) is 0 Å². The number of amides is 1. The lowest BCUT2D eigenvalue weighted by Crippen LogP contribution is -2.32. The third-order valence-corrected chi connectivity index (χ3v) is 3.24. The van der Waals surface area contributed by atoms with E-state index in [1.165, 1.54) is 0 Å². The Bertz CT molecular complexity index is 195. The van der Waals surface area contributed by atoms with Gasteiger partial charge >= 0.3 is 0 Å². The number of nitrogens with zero attached hydrogens (tertiary/aromatic N) is 1. The standard InChI is InChI=1S/C11H22N2O/c1-4-8(2)5-11(14)13-6-9(3)10(12)7-13/h8-10H,4-7,12H2,1-3H3. The average molecular weight is 198 g/mol. The molecule has 0 aromatic carbocycles. The minimum atomic E-state index is 0.177. The average Bonchev–Trinajstić information content (AvgIpc) is 2.47. The van der Waals surface area contributed by atoms with E-state index in [9.17, 15) is 4.79 Å². The monoisotopic (exact) mass is 198 g/mol. The van der Waals surface area contributed by atoms with Crippen molar-refractivity contribution in [2.75, 3.05) is 13.1 Å². The summed E-state index contributed by atoms with van der Waals surface area (Å²) in [6.07, 6.45) is 1.75. The molecule has 3 unspecified atom stereocenters. The molecule has 1 aliphatic heterocycles. The van der Waals surface area contributed by atoms with E-state index in [1.54, 1.807) is 0 Å². The van der Waals surface area contributed by atoms with E-state index in [-0.39, 0.29) is 11.9 Å². The number of carbonyl (C=O) groups is 1. The molecule has 0 bridgehead atoms. The zero-order valence-electron chi connectivity index (χ0n) is 9.49. The topological polar surface area (TPSA) is 46.3 Å². The van der Waals surface area contributed by atoms with Gasteiger partial charge in [0.1, 0.15) is 0 Å². The summed E-state index contributed by atoms with van der Waals surface area (Å²) in [4.78, 5) is 13.7. The Labute approximate surface area is 86.6 Å². The minimum Gasteiger partial charge on any atom is -0.341 e. The normalized spacial score (nSPS) is 29.3. The maximum atomic E-state index is 11.8. The number of likely N-dealkylation sites (tertiary alicyclic amines) is 1. The van der Waals surface area contributed by atoms with Crippen LogP contribution in [0.5, 0.6) is 0 Å². The van der Waals surface area contributed by atoms with E-state index in [2.05, 4.69) is 20.8 Å². The highest BCUT2D eigenvalue weighted by molar-refractivity contribution is 5.76. The first kappa shape index (κ1) is 11.5. The second-order valence-electron chi connectivity index (χ2n) is 4.66. The first-order valence-electron chi connectivity index (χ1n) is 5.58. The van der Waals surface area contributed by atoms with Gasteiger partial charge in [0.15, 0.2) is 0 Å². The molecule has 0 aliphatic carbocycles. The lowest BCUT2D eigenvalue weighted by atomic mass is 10.0. The molecule has 3 heteroatoms. The highest BCUT2D eigenvalue weighted by Gasteiger charge is 2.29. The summed E-state index contributed by atoms with van der Waals surface area (Å²) in [6, 6.07) is 0.177. The van der Waals surface area contributed by atoms with Crippen LogP contribution in [0.15, 0.2) is 0 Å². The number of carbonyl (C=O) groups excluding carboxylic acids is 1. The van der Waals surface area contributed by atoms with E-state index in [0.29, 0.717) is 18.3 Å². The van der Waals surface area contributed by atoms with Gasteiger partial charge in [0.2, 0.25) is 5.91 Å². The van der Waals surface area contributed by atoms with Crippen molar-refractivity contribution >= 4 is 5.91 Å². The molecular formula is C11H22N2O. The molecule has 0 spiro atoms. The Morgan fingerprint density at radius 2 is 2.21 bits per heavy atom. The molecule has 1 fully saturated rings. The molecule has 1 aliphatic rings. The van der Waals surface area contributed by atoms with Crippen LogP contribution in [0.1, 0.15) is 33.6 Å². The molecule has 1 saturated heterocycles. The molecule has 3 atom stereocenters. The predicted octanol–water partition coefficient (Wildman–Crippen LogP) is 1.23. The summed E-state index contributed by atoms with van der Waals surface area (Å²) in [7, 11) is 0. The molecule has 0 aromatic rings. The smallest absolute Gasteiger partial charge is 0.222 e. The second-order valence-corrected chi connectivity index (χ2v) is 4.66. The fraction of sp³-hybridized carbons (Fsp3) is 0.909. The van der Waals surface area contributed by atoms with Gasteiger partial charge in [-0.1, -0.05) is 27.2 Å². The largest absolute Gasteiger partial charge is 0.341 e. The molecule has 0 aromatic heterocycles. The summed E-state index contributed by atoms with van der Waals surface area (Å²) < 4.78 is 0. The fourth-order valence-corrected chi connectivity index (χ4v) is 1.77. The molecule has 2 N–H and O–H groups in total. The van der Waals surface area contributed by atoms with E-state index in [1.807, 2.05) is 4.90 Å². The molecule has 82 valence electrons. The Hall–Kier alpha value is -0.570. The Morgan fingerprint density at radius 3 is 2.64 bits per heavy atom. The van der Waals surface area contributed by atoms with Crippen LogP contribution in [-0.2, 0) is 4.79 Å². The van der Waals surface area contributed by atoms with Gasteiger partial charge in [0.25, 0.3) is 0 Å². The van der Waals surface area contributed by atoms with Crippen molar-refractivity contribution in [2.45, 2.75) is 39.7 Å². The van der Waals surface area contributed by atoms with Crippen LogP contribution in [0.3, 0.4) is 0 Å². The number of rotatable bonds is 3. The van der Waals surface area contributed by atoms with Gasteiger partial charge in [0, 0.05) is 25.6 Å². The van der Waals surface area contributed by atoms with Crippen molar-refractivity contribution in [2.24, 2.45) is 17.6 Å². The number of hydrogen-bond acceptors (Lipinski definition) is 2. The number of hydrogen-bond donors (Lipinski definition) is 1. The lowest BCUT2D eigenvalue weighted by Gasteiger charge is -2.17. The van der Waals surface area contributed by atoms with Gasteiger partial charge in [-0.2, -0.15) is 0 Å².